The fraction of sp³-hybridized carbons (Fsp3) is 0.533. The average Bonchev–Trinajstić information content (AvgIpc) is 2.49. The molecule has 2 rings (SSSR count). The molecule has 1 fully saturated rings. The first-order valence-corrected chi connectivity index (χ1v) is 7.01. The van der Waals surface area contributed by atoms with Crippen molar-refractivity contribution in [3.63, 3.8) is 0 Å². The van der Waals surface area contributed by atoms with Crippen molar-refractivity contribution in [1.82, 2.24) is 10.6 Å². The Morgan fingerprint density at radius 2 is 2.10 bits per heavy atom. The van der Waals surface area contributed by atoms with Crippen molar-refractivity contribution in [3.05, 3.63) is 35.9 Å². The van der Waals surface area contributed by atoms with Gasteiger partial charge in [-0.3, -0.25) is 4.79 Å². The molecule has 0 aromatic heterocycles. The maximum atomic E-state index is 11.9. The molecule has 1 aromatic rings. The molecule has 0 spiro atoms. The highest BCUT2D eigenvalue weighted by atomic mass is 35.5. The second-order valence-corrected chi connectivity index (χ2v) is 5.01. The Kier molecular flexibility index (Phi) is 7.59. The van der Waals surface area contributed by atoms with Gasteiger partial charge in [-0.2, -0.15) is 0 Å². The van der Waals surface area contributed by atoms with Gasteiger partial charge in [-0.25, -0.2) is 0 Å². The number of aliphatic hydroxyl groups is 1. The minimum Gasteiger partial charge on any atom is -0.388 e. The monoisotopic (exact) mass is 298 g/mol. The summed E-state index contributed by atoms with van der Waals surface area (Å²) in [6, 6.07) is 9.48. The molecule has 4 nitrogen and oxygen atoms in total. The van der Waals surface area contributed by atoms with Gasteiger partial charge in [0.1, 0.15) is 0 Å². The standard InChI is InChI=1S/C15H22N2O2.ClH/c18-14(12-6-2-1-3-7-12)9-11-17-15(19)13-8-4-5-10-16-13;/h1-3,6-7,13-14,16,18H,4-5,8-11H2,(H,17,19);1H. The molecule has 0 radical (unpaired) electrons. The van der Waals surface area contributed by atoms with Gasteiger partial charge in [0.25, 0.3) is 0 Å². The van der Waals surface area contributed by atoms with E-state index >= 15 is 0 Å². The lowest BCUT2D eigenvalue weighted by Crippen LogP contribution is -2.46. The lowest BCUT2D eigenvalue weighted by molar-refractivity contribution is -0.123. The van der Waals surface area contributed by atoms with E-state index in [9.17, 15) is 9.90 Å². The number of piperidine rings is 1. The average molecular weight is 299 g/mol. The first-order valence-electron chi connectivity index (χ1n) is 7.01. The molecule has 3 N–H and O–H groups in total. The molecule has 2 unspecified atom stereocenters. The van der Waals surface area contributed by atoms with Crippen molar-refractivity contribution >= 4 is 18.3 Å². The Labute approximate surface area is 126 Å². The Morgan fingerprint density at radius 3 is 2.75 bits per heavy atom. The first kappa shape index (κ1) is 17.0. The number of nitrogens with one attached hydrogen (secondary N) is 2. The summed E-state index contributed by atoms with van der Waals surface area (Å²) in [4.78, 5) is 11.9. The smallest absolute Gasteiger partial charge is 0.237 e. The largest absolute Gasteiger partial charge is 0.388 e. The number of benzene rings is 1. The molecule has 112 valence electrons. The number of halogens is 1. The molecule has 1 heterocycles. The van der Waals surface area contributed by atoms with Crippen molar-refractivity contribution in [2.24, 2.45) is 0 Å². The van der Waals surface area contributed by atoms with Crippen LogP contribution in [0, 0.1) is 0 Å². The maximum Gasteiger partial charge on any atom is 0.237 e. The zero-order chi connectivity index (χ0) is 13.5. The second kappa shape index (κ2) is 8.95. The van der Waals surface area contributed by atoms with Gasteiger partial charge in [-0.05, 0) is 31.4 Å². The van der Waals surface area contributed by atoms with Gasteiger partial charge in [0.05, 0.1) is 12.1 Å². The number of rotatable bonds is 5. The number of amides is 1. The van der Waals surface area contributed by atoms with Gasteiger partial charge in [-0.1, -0.05) is 36.8 Å². The summed E-state index contributed by atoms with van der Waals surface area (Å²) >= 11 is 0. The number of hydrogen-bond acceptors (Lipinski definition) is 3. The Hall–Kier alpha value is -1.10. The van der Waals surface area contributed by atoms with Gasteiger partial charge >= 0.3 is 0 Å². The normalized spacial score (nSPS) is 19.8. The van der Waals surface area contributed by atoms with Crippen LogP contribution in [-0.2, 0) is 4.79 Å². The molecule has 5 heteroatoms. The zero-order valence-corrected chi connectivity index (χ0v) is 12.4. The Balaban J connectivity index is 0.00000200. The Morgan fingerprint density at radius 1 is 1.35 bits per heavy atom. The third-order valence-electron chi connectivity index (χ3n) is 3.53. The van der Waals surface area contributed by atoms with Crippen molar-refractivity contribution in [2.75, 3.05) is 13.1 Å². The van der Waals surface area contributed by atoms with Crippen LogP contribution in [0.25, 0.3) is 0 Å². The summed E-state index contributed by atoms with van der Waals surface area (Å²) in [6.45, 7) is 1.43. The predicted octanol–water partition coefficient (Wildman–Crippen LogP) is 1.79. The minimum absolute atomic E-state index is 0. The SMILES string of the molecule is Cl.O=C(NCCC(O)c1ccccc1)C1CCCCN1. The highest BCUT2D eigenvalue weighted by Gasteiger charge is 2.20. The van der Waals surface area contributed by atoms with Crippen molar-refractivity contribution in [3.8, 4) is 0 Å². The summed E-state index contributed by atoms with van der Waals surface area (Å²) in [5, 5.41) is 16.1. The number of aliphatic hydroxyl groups excluding tert-OH is 1. The molecule has 0 bridgehead atoms. The van der Waals surface area contributed by atoms with E-state index in [1.165, 1.54) is 0 Å². The van der Waals surface area contributed by atoms with Gasteiger partial charge in [-0.15, -0.1) is 12.4 Å². The molecular formula is C15H23ClN2O2. The van der Waals surface area contributed by atoms with Crippen LogP contribution < -0.4 is 10.6 Å². The van der Waals surface area contributed by atoms with E-state index in [1.54, 1.807) is 0 Å². The summed E-state index contributed by atoms with van der Waals surface area (Å²) in [7, 11) is 0. The fourth-order valence-corrected chi connectivity index (χ4v) is 2.37. The van der Waals surface area contributed by atoms with Crippen molar-refractivity contribution in [1.29, 1.82) is 0 Å². The third kappa shape index (κ3) is 5.12. The van der Waals surface area contributed by atoms with Crippen molar-refractivity contribution < 1.29 is 9.90 Å². The molecule has 1 amide bonds. The summed E-state index contributed by atoms with van der Waals surface area (Å²) in [5.74, 6) is 0.0555. The van der Waals surface area contributed by atoms with Crippen LogP contribution in [-0.4, -0.2) is 30.1 Å². The Bertz CT molecular complexity index is 394. The van der Waals surface area contributed by atoms with Crippen LogP contribution in [0.3, 0.4) is 0 Å². The number of carbonyl (C=O) groups is 1. The minimum atomic E-state index is -0.513. The number of carbonyl (C=O) groups excluding carboxylic acids is 1. The molecule has 20 heavy (non-hydrogen) atoms. The second-order valence-electron chi connectivity index (χ2n) is 5.01. The van der Waals surface area contributed by atoms with Crippen LogP contribution in [0.2, 0.25) is 0 Å². The topological polar surface area (TPSA) is 61.4 Å². The van der Waals surface area contributed by atoms with Gasteiger partial charge in [0.2, 0.25) is 5.91 Å². The van der Waals surface area contributed by atoms with Crippen LogP contribution in [0.15, 0.2) is 30.3 Å². The molecule has 1 aromatic carbocycles. The predicted molar refractivity (Wildman–Crippen MR) is 81.9 cm³/mol. The number of hydrogen-bond donors (Lipinski definition) is 3. The highest BCUT2D eigenvalue weighted by molar-refractivity contribution is 5.85. The van der Waals surface area contributed by atoms with Gasteiger partial charge < -0.3 is 15.7 Å². The molecule has 0 aliphatic carbocycles. The van der Waals surface area contributed by atoms with E-state index in [2.05, 4.69) is 10.6 Å². The van der Waals surface area contributed by atoms with E-state index < -0.39 is 6.10 Å². The molecule has 2 atom stereocenters. The van der Waals surface area contributed by atoms with E-state index in [0.717, 1.165) is 31.4 Å². The lowest BCUT2D eigenvalue weighted by atomic mass is 10.0. The summed E-state index contributed by atoms with van der Waals surface area (Å²) < 4.78 is 0. The molecular weight excluding hydrogens is 276 g/mol. The van der Waals surface area contributed by atoms with E-state index in [4.69, 9.17) is 0 Å². The van der Waals surface area contributed by atoms with E-state index in [1.807, 2.05) is 30.3 Å². The molecule has 1 aliphatic rings. The molecule has 1 saturated heterocycles. The van der Waals surface area contributed by atoms with Crippen LogP contribution in [0.4, 0.5) is 0 Å². The highest BCUT2D eigenvalue weighted by Crippen LogP contribution is 2.15. The van der Waals surface area contributed by atoms with Crippen LogP contribution in [0.5, 0.6) is 0 Å². The zero-order valence-electron chi connectivity index (χ0n) is 11.5. The molecule has 1 aliphatic heterocycles. The van der Waals surface area contributed by atoms with Crippen LogP contribution in [0.1, 0.15) is 37.4 Å². The third-order valence-corrected chi connectivity index (χ3v) is 3.53. The summed E-state index contributed by atoms with van der Waals surface area (Å²) in [6.07, 6.45) is 3.20. The fourth-order valence-electron chi connectivity index (χ4n) is 2.37. The molecule has 0 saturated carbocycles. The quantitative estimate of drug-likeness (QED) is 0.777. The lowest BCUT2D eigenvalue weighted by Gasteiger charge is -2.22. The van der Waals surface area contributed by atoms with Gasteiger partial charge in [0, 0.05) is 6.54 Å². The maximum absolute atomic E-state index is 11.9. The van der Waals surface area contributed by atoms with E-state index in [-0.39, 0.29) is 24.4 Å². The van der Waals surface area contributed by atoms with Gasteiger partial charge in [0.15, 0.2) is 0 Å². The van der Waals surface area contributed by atoms with Crippen molar-refractivity contribution in [2.45, 2.75) is 37.8 Å². The van der Waals surface area contributed by atoms with Crippen LogP contribution >= 0.6 is 12.4 Å². The summed E-state index contributed by atoms with van der Waals surface area (Å²) in [5.41, 5.74) is 0.896. The first-order chi connectivity index (χ1) is 9.27. The van der Waals surface area contributed by atoms with E-state index in [0.29, 0.717) is 13.0 Å².